The summed E-state index contributed by atoms with van der Waals surface area (Å²) >= 11 is 0. The second-order valence-corrected chi connectivity index (χ2v) is 8.94. The van der Waals surface area contributed by atoms with Crippen LogP contribution >= 0.6 is 0 Å². The van der Waals surface area contributed by atoms with Crippen molar-refractivity contribution in [2.45, 2.75) is 0 Å². The summed E-state index contributed by atoms with van der Waals surface area (Å²) < 4.78 is 6.21. The van der Waals surface area contributed by atoms with Crippen molar-refractivity contribution in [3.63, 3.8) is 0 Å². The van der Waals surface area contributed by atoms with Crippen molar-refractivity contribution in [3.05, 3.63) is 127 Å². The summed E-state index contributed by atoms with van der Waals surface area (Å²) in [5.74, 6) is 1.68. The van der Waals surface area contributed by atoms with Gasteiger partial charge in [0.05, 0.1) is 23.0 Å². The van der Waals surface area contributed by atoms with Crippen molar-refractivity contribution in [1.29, 1.82) is 5.26 Å². The predicted molar refractivity (Wildman–Crippen MR) is 146 cm³/mol. The highest BCUT2D eigenvalue weighted by atomic mass is 16.5. The number of hydrogen-bond donors (Lipinski definition) is 0. The number of fused-ring (bicyclic) bond motifs is 5. The number of ether oxygens (including phenoxy) is 1. The molecule has 0 N–H and O–H groups in total. The van der Waals surface area contributed by atoms with Crippen LogP contribution in [0.15, 0.2) is 121 Å². The van der Waals surface area contributed by atoms with Crippen LogP contribution in [-0.4, -0.2) is 0 Å². The Balaban J connectivity index is 1.47. The maximum Gasteiger partial charge on any atom is 0.151 e. The zero-order valence-electron chi connectivity index (χ0n) is 19.3. The van der Waals surface area contributed by atoms with E-state index in [9.17, 15) is 5.26 Å². The van der Waals surface area contributed by atoms with E-state index in [0.29, 0.717) is 5.56 Å². The molecule has 0 aromatic heterocycles. The standard InChI is InChI=1S/C33H20N2O/c34-21-22-13-15-23(16-14-22)29-20-24-19-25(17-18-26(24)27-7-1-2-8-28(27)29)35-30-9-3-5-11-32(30)36-33-12-6-4-10-31(33)35/h1-20H. The highest BCUT2D eigenvalue weighted by Gasteiger charge is 2.25. The van der Waals surface area contributed by atoms with Gasteiger partial charge in [0.15, 0.2) is 11.5 Å². The molecule has 0 amide bonds. The summed E-state index contributed by atoms with van der Waals surface area (Å²) in [6.45, 7) is 0. The molecule has 0 atom stereocenters. The molecular weight excluding hydrogens is 440 g/mol. The van der Waals surface area contributed by atoms with Gasteiger partial charge in [-0.2, -0.15) is 5.26 Å². The molecule has 0 aliphatic carbocycles. The van der Waals surface area contributed by atoms with Crippen LogP contribution in [0.4, 0.5) is 17.1 Å². The number of hydrogen-bond acceptors (Lipinski definition) is 3. The van der Waals surface area contributed by atoms with Gasteiger partial charge in [-0.05, 0) is 87.3 Å². The minimum atomic E-state index is 0.663. The molecule has 168 valence electrons. The Labute approximate surface area is 209 Å². The van der Waals surface area contributed by atoms with Crippen LogP contribution < -0.4 is 9.64 Å². The molecule has 0 saturated heterocycles. The number of rotatable bonds is 2. The van der Waals surface area contributed by atoms with Crippen LogP contribution in [0, 0.1) is 11.3 Å². The molecule has 1 aliphatic rings. The Morgan fingerprint density at radius 3 is 1.92 bits per heavy atom. The van der Waals surface area contributed by atoms with Crippen molar-refractivity contribution < 1.29 is 4.74 Å². The highest BCUT2D eigenvalue weighted by Crippen LogP contribution is 2.50. The zero-order chi connectivity index (χ0) is 24.1. The van der Waals surface area contributed by atoms with Crippen LogP contribution in [0.3, 0.4) is 0 Å². The topological polar surface area (TPSA) is 36.3 Å². The van der Waals surface area contributed by atoms with Gasteiger partial charge in [0.2, 0.25) is 0 Å². The first kappa shape index (κ1) is 20.3. The lowest BCUT2D eigenvalue weighted by atomic mass is 9.92. The zero-order valence-corrected chi connectivity index (χ0v) is 19.3. The fourth-order valence-corrected chi connectivity index (χ4v) is 5.19. The van der Waals surface area contributed by atoms with Gasteiger partial charge in [-0.15, -0.1) is 0 Å². The molecule has 6 aromatic carbocycles. The third kappa shape index (κ3) is 3.13. The van der Waals surface area contributed by atoms with Crippen LogP contribution in [-0.2, 0) is 0 Å². The molecule has 0 bridgehead atoms. The van der Waals surface area contributed by atoms with Crippen molar-refractivity contribution in [1.82, 2.24) is 0 Å². The van der Waals surface area contributed by atoms with Gasteiger partial charge in [-0.1, -0.05) is 66.7 Å². The molecule has 0 fully saturated rings. The Morgan fingerprint density at radius 2 is 1.22 bits per heavy atom. The van der Waals surface area contributed by atoms with E-state index in [0.717, 1.165) is 45.1 Å². The molecule has 3 heteroatoms. The van der Waals surface area contributed by atoms with E-state index in [1.165, 1.54) is 16.2 Å². The molecule has 0 saturated carbocycles. The lowest BCUT2D eigenvalue weighted by molar-refractivity contribution is 0.477. The highest BCUT2D eigenvalue weighted by molar-refractivity contribution is 6.14. The molecular formula is C33H20N2O. The number of para-hydroxylation sites is 4. The van der Waals surface area contributed by atoms with E-state index < -0.39 is 0 Å². The van der Waals surface area contributed by atoms with E-state index >= 15 is 0 Å². The van der Waals surface area contributed by atoms with Gasteiger partial charge in [-0.3, -0.25) is 0 Å². The normalized spacial score (nSPS) is 12.0. The van der Waals surface area contributed by atoms with E-state index in [1.54, 1.807) is 0 Å². The minimum Gasteiger partial charge on any atom is -0.453 e. The van der Waals surface area contributed by atoms with Gasteiger partial charge in [-0.25, -0.2) is 0 Å². The summed E-state index contributed by atoms with van der Waals surface area (Å²) in [5, 5.41) is 14.0. The number of nitriles is 1. The molecule has 0 spiro atoms. The maximum atomic E-state index is 9.24. The van der Waals surface area contributed by atoms with Gasteiger partial charge in [0.25, 0.3) is 0 Å². The molecule has 6 aromatic rings. The van der Waals surface area contributed by atoms with E-state index in [1.807, 2.05) is 60.7 Å². The van der Waals surface area contributed by atoms with Gasteiger partial charge in [0.1, 0.15) is 0 Å². The summed E-state index contributed by atoms with van der Waals surface area (Å²) in [6, 6.07) is 43.8. The quantitative estimate of drug-likeness (QED) is 0.241. The third-order valence-corrected chi connectivity index (χ3v) is 6.86. The van der Waals surface area contributed by atoms with Crippen molar-refractivity contribution >= 4 is 38.6 Å². The third-order valence-electron chi connectivity index (χ3n) is 6.86. The average Bonchev–Trinajstić information content (AvgIpc) is 2.95. The molecule has 3 nitrogen and oxygen atoms in total. The van der Waals surface area contributed by atoms with Crippen molar-refractivity contribution in [2.75, 3.05) is 4.90 Å². The summed E-state index contributed by atoms with van der Waals surface area (Å²) in [7, 11) is 0. The van der Waals surface area contributed by atoms with E-state index in [-0.39, 0.29) is 0 Å². The largest absolute Gasteiger partial charge is 0.453 e. The Hall–Kier alpha value is -5.07. The van der Waals surface area contributed by atoms with Crippen LogP contribution in [0.2, 0.25) is 0 Å². The number of anilines is 3. The fraction of sp³-hybridized carbons (Fsp3) is 0. The first-order chi connectivity index (χ1) is 17.8. The van der Waals surface area contributed by atoms with Gasteiger partial charge in [0, 0.05) is 5.69 Å². The monoisotopic (exact) mass is 460 g/mol. The summed E-state index contributed by atoms with van der Waals surface area (Å²) in [4.78, 5) is 2.27. The average molecular weight is 461 g/mol. The second kappa shape index (κ2) is 8.01. The first-order valence-corrected chi connectivity index (χ1v) is 11.9. The van der Waals surface area contributed by atoms with E-state index in [2.05, 4.69) is 71.6 Å². The predicted octanol–water partition coefficient (Wildman–Crippen LogP) is 9.11. The Morgan fingerprint density at radius 1 is 0.583 bits per heavy atom. The van der Waals surface area contributed by atoms with Crippen molar-refractivity contribution in [3.8, 4) is 28.7 Å². The molecule has 0 unspecified atom stereocenters. The summed E-state index contributed by atoms with van der Waals surface area (Å²) in [5.41, 5.74) is 6.02. The Kier molecular flexibility index (Phi) is 4.52. The second-order valence-electron chi connectivity index (χ2n) is 8.94. The lowest BCUT2D eigenvalue weighted by Gasteiger charge is -2.33. The number of benzene rings is 6. The molecule has 36 heavy (non-hydrogen) atoms. The van der Waals surface area contributed by atoms with Crippen LogP contribution in [0.5, 0.6) is 11.5 Å². The van der Waals surface area contributed by atoms with Crippen LogP contribution in [0.25, 0.3) is 32.7 Å². The fourth-order valence-electron chi connectivity index (χ4n) is 5.19. The van der Waals surface area contributed by atoms with Gasteiger partial charge >= 0.3 is 0 Å². The minimum absolute atomic E-state index is 0.663. The van der Waals surface area contributed by atoms with Crippen LogP contribution in [0.1, 0.15) is 5.56 Å². The smallest absolute Gasteiger partial charge is 0.151 e. The lowest BCUT2D eigenvalue weighted by Crippen LogP contribution is -2.15. The molecule has 1 heterocycles. The van der Waals surface area contributed by atoms with E-state index in [4.69, 9.17) is 4.74 Å². The van der Waals surface area contributed by atoms with Gasteiger partial charge < -0.3 is 9.64 Å². The van der Waals surface area contributed by atoms with Crippen molar-refractivity contribution in [2.24, 2.45) is 0 Å². The first-order valence-electron chi connectivity index (χ1n) is 11.9. The summed E-state index contributed by atoms with van der Waals surface area (Å²) in [6.07, 6.45) is 0. The Bertz CT molecular complexity index is 1780. The maximum absolute atomic E-state index is 9.24. The molecule has 1 aliphatic heterocycles. The number of nitrogens with zero attached hydrogens (tertiary/aromatic N) is 2. The molecule has 0 radical (unpaired) electrons. The SMILES string of the molecule is N#Cc1ccc(-c2cc3cc(N4c5ccccc5Oc5ccccc54)ccc3c3ccccc23)cc1. The molecule has 7 rings (SSSR count).